The summed E-state index contributed by atoms with van der Waals surface area (Å²) in [5, 5.41) is 7.74. The highest BCUT2D eigenvalue weighted by Crippen LogP contribution is 2.48. The van der Waals surface area contributed by atoms with E-state index >= 15 is 0 Å². The summed E-state index contributed by atoms with van der Waals surface area (Å²) in [6, 6.07) is 12.5. The number of aliphatic imine (C=N–C) groups is 1. The largest absolute Gasteiger partial charge is 0.357 e. The molecule has 1 aliphatic carbocycles. The van der Waals surface area contributed by atoms with E-state index in [0.717, 1.165) is 43.0 Å². The Bertz CT molecular complexity index is 847. The zero-order valence-corrected chi connectivity index (χ0v) is 19.9. The van der Waals surface area contributed by atoms with Crippen LogP contribution in [-0.2, 0) is 12.0 Å². The second-order valence-corrected chi connectivity index (χ2v) is 8.22. The van der Waals surface area contributed by atoms with E-state index in [2.05, 4.69) is 49.8 Å². The molecule has 1 saturated carbocycles. The fourth-order valence-corrected chi connectivity index (χ4v) is 4.08. The third-order valence-corrected chi connectivity index (χ3v) is 6.04. The highest BCUT2D eigenvalue weighted by Gasteiger charge is 2.44. The molecule has 0 bridgehead atoms. The van der Waals surface area contributed by atoms with E-state index in [1.165, 1.54) is 36.8 Å². The molecule has 0 unspecified atom stereocenters. The molecule has 2 fully saturated rings. The van der Waals surface area contributed by atoms with Gasteiger partial charge in [-0.3, -0.25) is 4.99 Å². The maximum absolute atomic E-state index is 6.18. The highest BCUT2D eigenvalue weighted by atomic mass is 127. The number of hydrogen-bond donors (Lipinski definition) is 2. The maximum atomic E-state index is 6.18. The zero-order valence-electron chi connectivity index (χ0n) is 16.8. The van der Waals surface area contributed by atoms with Crippen LogP contribution in [0.25, 0.3) is 0 Å². The minimum atomic E-state index is 0. The van der Waals surface area contributed by atoms with Crippen LogP contribution in [0.15, 0.2) is 47.6 Å². The van der Waals surface area contributed by atoms with Crippen LogP contribution in [-0.4, -0.2) is 37.6 Å². The number of nitrogens with zero attached hydrogens (tertiary/aromatic N) is 3. The number of benzene rings is 1. The van der Waals surface area contributed by atoms with Crippen LogP contribution in [0.2, 0.25) is 5.02 Å². The van der Waals surface area contributed by atoms with Crippen LogP contribution >= 0.6 is 35.6 Å². The molecule has 156 valence electrons. The van der Waals surface area contributed by atoms with E-state index in [4.69, 9.17) is 11.6 Å². The highest BCUT2D eigenvalue weighted by molar-refractivity contribution is 14.0. The van der Waals surface area contributed by atoms with Gasteiger partial charge in [-0.05, 0) is 61.1 Å². The van der Waals surface area contributed by atoms with Crippen molar-refractivity contribution in [2.75, 3.05) is 31.6 Å². The molecule has 4 rings (SSSR count). The Labute approximate surface area is 195 Å². The van der Waals surface area contributed by atoms with Crippen molar-refractivity contribution in [2.24, 2.45) is 4.99 Å². The maximum Gasteiger partial charge on any atom is 0.191 e. The number of nitrogens with one attached hydrogen (secondary N) is 2. The SMILES string of the molecule is CN=C(NCc1ccnc(N2CCCC2)c1)NCC1(c2cccc(Cl)c2)CC1.I. The molecule has 1 aromatic carbocycles. The minimum Gasteiger partial charge on any atom is -0.357 e. The van der Waals surface area contributed by atoms with Gasteiger partial charge in [-0.1, -0.05) is 23.7 Å². The van der Waals surface area contributed by atoms with E-state index < -0.39 is 0 Å². The minimum absolute atomic E-state index is 0. The van der Waals surface area contributed by atoms with Crippen molar-refractivity contribution >= 4 is 47.4 Å². The van der Waals surface area contributed by atoms with E-state index in [1.54, 1.807) is 0 Å². The van der Waals surface area contributed by atoms with Gasteiger partial charge in [0.15, 0.2) is 5.96 Å². The van der Waals surface area contributed by atoms with Gasteiger partial charge in [0.25, 0.3) is 0 Å². The molecule has 0 radical (unpaired) electrons. The Balaban J connectivity index is 0.00000240. The van der Waals surface area contributed by atoms with Crippen LogP contribution in [0.5, 0.6) is 0 Å². The first-order valence-electron chi connectivity index (χ1n) is 10.1. The van der Waals surface area contributed by atoms with Gasteiger partial charge in [0.2, 0.25) is 0 Å². The number of aromatic nitrogens is 1. The summed E-state index contributed by atoms with van der Waals surface area (Å²) >= 11 is 6.18. The lowest BCUT2D eigenvalue weighted by Gasteiger charge is -2.20. The number of guanidine groups is 1. The first kappa shape index (κ1) is 22.2. The van der Waals surface area contributed by atoms with Gasteiger partial charge < -0.3 is 15.5 Å². The first-order chi connectivity index (χ1) is 13.7. The molecule has 7 heteroatoms. The average Bonchev–Trinajstić information content (AvgIpc) is 3.31. The van der Waals surface area contributed by atoms with E-state index in [1.807, 2.05) is 25.4 Å². The van der Waals surface area contributed by atoms with Gasteiger partial charge in [-0.2, -0.15) is 0 Å². The summed E-state index contributed by atoms with van der Waals surface area (Å²) in [4.78, 5) is 11.3. The van der Waals surface area contributed by atoms with Gasteiger partial charge in [0.05, 0.1) is 0 Å². The molecule has 5 nitrogen and oxygen atoms in total. The average molecular weight is 526 g/mol. The number of hydrogen-bond acceptors (Lipinski definition) is 3. The lowest BCUT2D eigenvalue weighted by molar-refractivity contribution is 0.645. The molecule has 2 aromatic rings. The van der Waals surface area contributed by atoms with Crippen LogP contribution < -0.4 is 15.5 Å². The lowest BCUT2D eigenvalue weighted by Crippen LogP contribution is -2.40. The summed E-state index contributed by atoms with van der Waals surface area (Å²) in [5.74, 6) is 1.91. The summed E-state index contributed by atoms with van der Waals surface area (Å²) in [7, 11) is 1.82. The second kappa shape index (κ2) is 9.98. The molecule has 29 heavy (non-hydrogen) atoms. The fraction of sp³-hybridized carbons (Fsp3) is 0.455. The van der Waals surface area contributed by atoms with Crippen molar-refractivity contribution < 1.29 is 0 Å². The Morgan fingerprint density at radius 1 is 1.17 bits per heavy atom. The van der Waals surface area contributed by atoms with E-state index in [9.17, 15) is 0 Å². The normalized spacial score (nSPS) is 17.6. The first-order valence-corrected chi connectivity index (χ1v) is 10.5. The molecule has 2 N–H and O–H groups in total. The van der Waals surface area contributed by atoms with E-state index in [-0.39, 0.29) is 29.4 Å². The van der Waals surface area contributed by atoms with Gasteiger partial charge in [0, 0.05) is 49.9 Å². The topological polar surface area (TPSA) is 52.6 Å². The summed E-state index contributed by atoms with van der Waals surface area (Å²) < 4.78 is 0. The molecule has 1 saturated heterocycles. The Morgan fingerprint density at radius 2 is 1.97 bits per heavy atom. The van der Waals surface area contributed by atoms with Gasteiger partial charge in [-0.25, -0.2) is 4.98 Å². The number of halogens is 2. The van der Waals surface area contributed by atoms with Crippen LogP contribution in [0, 0.1) is 0 Å². The number of anilines is 1. The second-order valence-electron chi connectivity index (χ2n) is 7.79. The molecule has 0 atom stereocenters. The van der Waals surface area contributed by atoms with Crippen molar-refractivity contribution in [3.05, 3.63) is 58.7 Å². The molecule has 0 amide bonds. The van der Waals surface area contributed by atoms with Crippen LogP contribution in [0.1, 0.15) is 36.8 Å². The molecule has 0 spiro atoms. The van der Waals surface area contributed by atoms with Crippen molar-refractivity contribution in [3.63, 3.8) is 0 Å². The smallest absolute Gasteiger partial charge is 0.191 e. The van der Waals surface area contributed by atoms with Gasteiger partial charge in [0.1, 0.15) is 5.82 Å². The lowest BCUT2D eigenvalue weighted by atomic mass is 9.96. The summed E-state index contributed by atoms with van der Waals surface area (Å²) in [5.41, 5.74) is 2.71. The Kier molecular flexibility index (Phi) is 7.62. The number of rotatable bonds is 6. The van der Waals surface area contributed by atoms with Gasteiger partial charge >= 0.3 is 0 Å². The molecule has 1 aromatic heterocycles. The molecule has 2 aliphatic rings. The van der Waals surface area contributed by atoms with Crippen molar-refractivity contribution in [3.8, 4) is 0 Å². The third-order valence-electron chi connectivity index (χ3n) is 5.81. The molecule has 2 heterocycles. The predicted octanol–water partition coefficient (Wildman–Crippen LogP) is 4.35. The van der Waals surface area contributed by atoms with Crippen molar-refractivity contribution in [2.45, 2.75) is 37.6 Å². The molecule has 1 aliphatic heterocycles. The quantitative estimate of drug-likeness (QED) is 0.335. The van der Waals surface area contributed by atoms with Gasteiger partial charge in [-0.15, -0.1) is 24.0 Å². The monoisotopic (exact) mass is 525 g/mol. The Morgan fingerprint density at radius 3 is 2.66 bits per heavy atom. The Hall–Kier alpha value is -1.54. The molecular formula is C22H29ClIN5. The van der Waals surface area contributed by atoms with Crippen molar-refractivity contribution in [1.29, 1.82) is 0 Å². The van der Waals surface area contributed by atoms with Crippen molar-refractivity contribution in [1.82, 2.24) is 15.6 Å². The summed E-state index contributed by atoms with van der Waals surface area (Å²) in [6.45, 7) is 3.81. The number of pyridine rings is 1. The zero-order chi connectivity index (χ0) is 19.4. The van der Waals surface area contributed by atoms with E-state index in [0.29, 0.717) is 0 Å². The van der Waals surface area contributed by atoms with Crippen LogP contribution in [0.3, 0.4) is 0 Å². The third kappa shape index (κ3) is 5.54. The standard InChI is InChI=1S/C22H28ClN5.HI/c1-24-21(27-16-22(8-9-22)18-5-4-6-19(23)14-18)26-15-17-7-10-25-20(13-17)28-11-2-3-12-28;/h4-7,10,13-14H,2-3,8-9,11-12,15-16H2,1H3,(H2,24,26,27);1H. The summed E-state index contributed by atoms with van der Waals surface area (Å²) in [6.07, 6.45) is 6.78. The molecular weight excluding hydrogens is 497 g/mol. The predicted molar refractivity (Wildman–Crippen MR) is 132 cm³/mol. The fourth-order valence-electron chi connectivity index (χ4n) is 3.89. The van der Waals surface area contributed by atoms with Crippen LogP contribution in [0.4, 0.5) is 5.82 Å².